The van der Waals surface area contributed by atoms with Crippen molar-refractivity contribution in [3.8, 4) is 0 Å². The molecule has 1 fully saturated rings. The van der Waals surface area contributed by atoms with Crippen molar-refractivity contribution in [3.63, 3.8) is 0 Å². The van der Waals surface area contributed by atoms with Crippen LogP contribution >= 0.6 is 11.3 Å². The molecule has 148 valence electrons. The number of rotatable bonds is 6. The van der Waals surface area contributed by atoms with Crippen LogP contribution in [0.1, 0.15) is 24.6 Å². The summed E-state index contributed by atoms with van der Waals surface area (Å²) in [5.74, 6) is -0.240. The molecule has 1 aromatic heterocycles. The van der Waals surface area contributed by atoms with E-state index in [1.807, 2.05) is 37.3 Å². The lowest BCUT2D eigenvalue weighted by molar-refractivity contribution is -0.271. The second-order valence-corrected chi connectivity index (χ2v) is 7.91. The third kappa shape index (κ3) is 4.16. The number of nitrogens with zero attached hydrogens (tertiary/aromatic N) is 1. The lowest BCUT2D eigenvalue weighted by Gasteiger charge is -2.45. The molecule has 0 spiro atoms. The number of carbonyl (C=O) groups is 1. The van der Waals surface area contributed by atoms with Crippen LogP contribution in [-0.2, 0) is 16.1 Å². The number of carbonyl (C=O) groups excluding carboxylic acids is 1. The molecule has 7 nitrogen and oxygen atoms in total. The maximum Gasteiger partial charge on any atom is 0.223 e. The molecule has 1 unspecified atom stereocenters. The number of thiophene rings is 1. The smallest absolute Gasteiger partial charge is 0.223 e. The summed E-state index contributed by atoms with van der Waals surface area (Å²) in [4.78, 5) is 15.0. The molecule has 1 aliphatic heterocycles. The van der Waals surface area contributed by atoms with Crippen LogP contribution in [0.3, 0.4) is 0 Å². The normalized spacial score (nSPS) is 28.4. The zero-order chi connectivity index (χ0) is 19.6. The first-order chi connectivity index (χ1) is 13.0. The zero-order valence-electron chi connectivity index (χ0n) is 15.1. The third-order valence-corrected chi connectivity index (χ3v) is 5.91. The van der Waals surface area contributed by atoms with Gasteiger partial charge in [-0.3, -0.25) is 4.79 Å². The Morgan fingerprint density at radius 3 is 2.63 bits per heavy atom. The van der Waals surface area contributed by atoms with Gasteiger partial charge in [0, 0.05) is 16.0 Å². The van der Waals surface area contributed by atoms with Gasteiger partial charge in [0.1, 0.15) is 24.4 Å². The van der Waals surface area contributed by atoms with Crippen LogP contribution in [-0.4, -0.2) is 68.5 Å². The number of fused-ring (bicyclic) bond motifs is 1. The van der Waals surface area contributed by atoms with Gasteiger partial charge in [-0.05, 0) is 23.9 Å². The molecule has 1 saturated heterocycles. The third-order valence-electron chi connectivity index (χ3n) is 4.81. The molecule has 3 rings (SSSR count). The van der Waals surface area contributed by atoms with Gasteiger partial charge in [0.25, 0.3) is 0 Å². The van der Waals surface area contributed by atoms with Crippen LogP contribution in [0, 0.1) is 0 Å². The van der Waals surface area contributed by atoms with Gasteiger partial charge >= 0.3 is 0 Å². The van der Waals surface area contributed by atoms with E-state index in [-0.39, 0.29) is 18.9 Å². The van der Waals surface area contributed by atoms with Crippen molar-refractivity contribution in [1.82, 2.24) is 4.90 Å². The van der Waals surface area contributed by atoms with E-state index in [9.17, 15) is 25.2 Å². The number of hydrogen-bond acceptors (Lipinski definition) is 7. The van der Waals surface area contributed by atoms with Gasteiger partial charge in [0.2, 0.25) is 5.91 Å². The van der Waals surface area contributed by atoms with E-state index in [0.29, 0.717) is 6.42 Å². The average Bonchev–Trinajstić information content (AvgIpc) is 3.06. The van der Waals surface area contributed by atoms with Crippen molar-refractivity contribution in [3.05, 3.63) is 35.2 Å². The Morgan fingerprint density at radius 1 is 1.22 bits per heavy atom. The fourth-order valence-corrected chi connectivity index (χ4v) is 4.48. The van der Waals surface area contributed by atoms with Crippen LogP contribution in [0.25, 0.3) is 10.1 Å². The lowest BCUT2D eigenvalue weighted by atomic mass is 9.95. The fraction of sp³-hybridized carbons (Fsp3) is 0.526. The Bertz CT molecular complexity index is 747. The zero-order valence-corrected chi connectivity index (χ0v) is 15.9. The fourth-order valence-electron chi connectivity index (χ4n) is 3.42. The van der Waals surface area contributed by atoms with Gasteiger partial charge in [-0.15, -0.1) is 11.3 Å². The minimum Gasteiger partial charge on any atom is -0.394 e. The summed E-state index contributed by atoms with van der Waals surface area (Å²) in [6.45, 7) is 1.52. The first kappa shape index (κ1) is 20.2. The highest BCUT2D eigenvalue weighted by molar-refractivity contribution is 7.19. The van der Waals surface area contributed by atoms with E-state index >= 15 is 0 Å². The Morgan fingerprint density at radius 2 is 1.96 bits per heavy atom. The van der Waals surface area contributed by atoms with E-state index in [4.69, 9.17) is 4.74 Å². The highest BCUT2D eigenvalue weighted by Gasteiger charge is 2.47. The van der Waals surface area contributed by atoms with Crippen molar-refractivity contribution in [2.45, 2.75) is 57.0 Å². The van der Waals surface area contributed by atoms with Crippen LogP contribution in [0.5, 0.6) is 0 Å². The highest BCUT2D eigenvalue weighted by Crippen LogP contribution is 2.30. The first-order valence-corrected chi connectivity index (χ1v) is 9.85. The summed E-state index contributed by atoms with van der Waals surface area (Å²) in [5.41, 5.74) is 0. The SMILES string of the molecule is CCCC(=O)N(Cc1cc2ccccc2s1)[C@H]1C(O)O[C@H](CO)[C@@H](O)[C@@H]1O. The number of amides is 1. The number of ether oxygens (including phenoxy) is 1. The molecule has 27 heavy (non-hydrogen) atoms. The lowest BCUT2D eigenvalue weighted by Crippen LogP contribution is -2.64. The molecule has 0 radical (unpaired) electrons. The molecule has 5 atom stereocenters. The summed E-state index contributed by atoms with van der Waals surface area (Å²) in [5, 5.41) is 41.4. The Hall–Kier alpha value is -1.55. The predicted molar refractivity (Wildman–Crippen MR) is 101 cm³/mol. The van der Waals surface area contributed by atoms with Crippen molar-refractivity contribution in [1.29, 1.82) is 0 Å². The topological polar surface area (TPSA) is 110 Å². The standard InChI is InChI=1S/C19H25NO6S/c1-2-5-15(22)20(9-12-8-11-6-3-4-7-14(11)27-12)16-18(24)17(23)13(10-21)26-19(16)25/h3-4,6-8,13,16-19,21,23-25H,2,5,9-10H2,1H3/t13-,16-,17-,18-,19?/m1/s1. The van der Waals surface area contributed by atoms with Crippen molar-refractivity contribution >= 4 is 27.3 Å². The molecular weight excluding hydrogens is 370 g/mol. The van der Waals surface area contributed by atoms with Crippen molar-refractivity contribution in [2.75, 3.05) is 6.61 Å². The van der Waals surface area contributed by atoms with Gasteiger partial charge in [0.15, 0.2) is 6.29 Å². The summed E-state index contributed by atoms with van der Waals surface area (Å²) in [7, 11) is 0. The molecule has 8 heteroatoms. The molecule has 0 aliphatic carbocycles. The van der Waals surface area contributed by atoms with Crippen LogP contribution in [0.2, 0.25) is 0 Å². The molecule has 1 aromatic carbocycles. The van der Waals surface area contributed by atoms with Crippen molar-refractivity contribution < 1.29 is 30.0 Å². The van der Waals surface area contributed by atoms with E-state index < -0.39 is 37.3 Å². The van der Waals surface area contributed by atoms with Gasteiger partial charge in [-0.1, -0.05) is 25.1 Å². The Kier molecular flexibility index (Phi) is 6.46. The van der Waals surface area contributed by atoms with Crippen LogP contribution in [0.15, 0.2) is 30.3 Å². The molecule has 0 bridgehead atoms. The highest BCUT2D eigenvalue weighted by atomic mass is 32.1. The summed E-state index contributed by atoms with van der Waals surface area (Å²) >= 11 is 1.53. The minimum absolute atomic E-state index is 0.191. The largest absolute Gasteiger partial charge is 0.394 e. The van der Waals surface area contributed by atoms with Gasteiger partial charge in [-0.2, -0.15) is 0 Å². The van der Waals surface area contributed by atoms with Crippen molar-refractivity contribution in [2.24, 2.45) is 0 Å². The summed E-state index contributed by atoms with van der Waals surface area (Å²) in [6, 6.07) is 8.71. The monoisotopic (exact) mass is 395 g/mol. The molecule has 1 amide bonds. The summed E-state index contributed by atoms with van der Waals surface area (Å²) in [6.07, 6.45) is -4.57. The summed E-state index contributed by atoms with van der Waals surface area (Å²) < 4.78 is 6.32. The van der Waals surface area contributed by atoms with Gasteiger partial charge < -0.3 is 30.1 Å². The number of aliphatic hydroxyl groups excluding tert-OH is 4. The number of hydrogen-bond donors (Lipinski definition) is 4. The van der Waals surface area contributed by atoms with Crippen LogP contribution in [0.4, 0.5) is 0 Å². The number of benzene rings is 1. The molecule has 2 aromatic rings. The van der Waals surface area contributed by atoms with E-state index in [0.717, 1.165) is 15.0 Å². The molecule has 4 N–H and O–H groups in total. The Balaban J connectivity index is 1.89. The maximum absolute atomic E-state index is 12.7. The maximum atomic E-state index is 12.7. The van der Waals surface area contributed by atoms with E-state index in [2.05, 4.69) is 0 Å². The van der Waals surface area contributed by atoms with E-state index in [1.54, 1.807) is 0 Å². The quantitative estimate of drug-likeness (QED) is 0.577. The van der Waals surface area contributed by atoms with E-state index in [1.165, 1.54) is 16.2 Å². The van der Waals surface area contributed by atoms with Crippen LogP contribution < -0.4 is 0 Å². The average molecular weight is 395 g/mol. The first-order valence-electron chi connectivity index (χ1n) is 9.03. The predicted octanol–water partition coefficient (Wildman–Crippen LogP) is 0.830. The second kappa shape index (κ2) is 8.64. The molecule has 0 saturated carbocycles. The molecular formula is C19H25NO6S. The van der Waals surface area contributed by atoms with Gasteiger partial charge in [-0.25, -0.2) is 0 Å². The molecule has 1 aliphatic rings. The second-order valence-electron chi connectivity index (χ2n) is 6.74. The molecule has 2 heterocycles. The number of aliphatic hydroxyl groups is 4. The Labute approximate surface area is 161 Å². The minimum atomic E-state index is -1.50. The van der Waals surface area contributed by atoms with Gasteiger partial charge in [0.05, 0.1) is 13.2 Å².